The monoisotopic (exact) mass is 393 g/mol. The van der Waals surface area contributed by atoms with Crippen molar-refractivity contribution >= 4 is 11.9 Å². The molecule has 29 heavy (non-hydrogen) atoms. The van der Waals surface area contributed by atoms with Gasteiger partial charge in [-0.1, -0.05) is 48.5 Å². The van der Waals surface area contributed by atoms with Crippen LogP contribution in [0, 0.1) is 5.92 Å². The number of Topliss-reactive ketones (excluding diaryl/α,β-unsaturated/α-hetero) is 1. The summed E-state index contributed by atoms with van der Waals surface area (Å²) in [5.41, 5.74) is 10.8. The Balaban J connectivity index is 1.31. The number of nitrogens with one attached hydrogen (secondary N) is 2. The van der Waals surface area contributed by atoms with Crippen LogP contribution >= 0.6 is 0 Å². The molecule has 0 radical (unpaired) electrons. The largest absolute Gasteiger partial charge is 0.449 e. The summed E-state index contributed by atoms with van der Waals surface area (Å²) in [6, 6.07) is 15.8. The van der Waals surface area contributed by atoms with Crippen LogP contribution in [0.3, 0.4) is 0 Å². The third-order valence-corrected chi connectivity index (χ3v) is 6.01. The number of hydrogen-bond acceptors (Lipinski definition) is 5. The molecule has 1 heterocycles. The van der Waals surface area contributed by atoms with Crippen LogP contribution in [-0.2, 0) is 9.53 Å². The van der Waals surface area contributed by atoms with Crippen LogP contribution in [0.1, 0.15) is 29.9 Å². The molecule has 2 aromatic carbocycles. The molecule has 1 unspecified atom stereocenters. The van der Waals surface area contributed by atoms with E-state index in [0.29, 0.717) is 0 Å². The van der Waals surface area contributed by atoms with Gasteiger partial charge in [0.2, 0.25) is 0 Å². The summed E-state index contributed by atoms with van der Waals surface area (Å²) in [5, 5.41) is 5.83. The highest BCUT2D eigenvalue weighted by atomic mass is 16.5. The maximum atomic E-state index is 12.3. The zero-order valence-electron chi connectivity index (χ0n) is 16.4. The lowest BCUT2D eigenvalue weighted by atomic mass is 9.88. The van der Waals surface area contributed by atoms with Crippen molar-refractivity contribution in [2.45, 2.75) is 24.8 Å². The lowest BCUT2D eigenvalue weighted by molar-refractivity contribution is -0.120. The van der Waals surface area contributed by atoms with Crippen LogP contribution in [0.2, 0.25) is 0 Å². The number of nitrogens with two attached hydrogens (primary N) is 1. The van der Waals surface area contributed by atoms with Crippen molar-refractivity contribution in [3.8, 4) is 11.1 Å². The number of ketones is 1. The standard InChI is InChI=1S/C23H27N3O3/c24-22(15-9-11-25-12-10-15)21(27)13-26-23(28)29-14-20-18-7-3-1-5-16(18)17-6-2-4-8-19(17)20/h1-8,15,20,22,25H,9-14,24H2,(H,26,28). The normalized spacial score (nSPS) is 17.3. The summed E-state index contributed by atoms with van der Waals surface area (Å²) in [7, 11) is 0. The molecule has 6 nitrogen and oxygen atoms in total. The number of piperidine rings is 1. The highest BCUT2D eigenvalue weighted by Crippen LogP contribution is 2.44. The lowest BCUT2D eigenvalue weighted by Gasteiger charge is -2.27. The fraction of sp³-hybridized carbons (Fsp3) is 0.391. The molecule has 1 aliphatic carbocycles. The van der Waals surface area contributed by atoms with Gasteiger partial charge in [-0.05, 0) is 54.1 Å². The first-order chi connectivity index (χ1) is 14.1. The number of benzene rings is 2. The first-order valence-electron chi connectivity index (χ1n) is 10.2. The zero-order chi connectivity index (χ0) is 20.2. The summed E-state index contributed by atoms with van der Waals surface area (Å²) in [6.45, 7) is 1.90. The predicted molar refractivity (Wildman–Crippen MR) is 112 cm³/mol. The van der Waals surface area contributed by atoms with Crippen molar-refractivity contribution < 1.29 is 14.3 Å². The molecule has 1 saturated heterocycles. The van der Waals surface area contributed by atoms with Gasteiger partial charge in [-0.25, -0.2) is 4.79 Å². The van der Waals surface area contributed by atoms with E-state index < -0.39 is 12.1 Å². The van der Waals surface area contributed by atoms with Crippen LogP contribution in [0.25, 0.3) is 11.1 Å². The second-order valence-electron chi connectivity index (χ2n) is 7.76. The molecular formula is C23H27N3O3. The highest BCUT2D eigenvalue weighted by molar-refractivity contribution is 5.88. The molecular weight excluding hydrogens is 366 g/mol. The Morgan fingerprint density at radius 3 is 2.24 bits per heavy atom. The maximum absolute atomic E-state index is 12.3. The number of carbonyl (C=O) groups is 2. The van der Waals surface area contributed by atoms with E-state index in [2.05, 4.69) is 34.9 Å². The minimum atomic E-state index is -0.585. The van der Waals surface area contributed by atoms with Crippen molar-refractivity contribution in [3.05, 3.63) is 59.7 Å². The lowest BCUT2D eigenvalue weighted by Crippen LogP contribution is -2.47. The van der Waals surface area contributed by atoms with E-state index in [4.69, 9.17) is 10.5 Å². The van der Waals surface area contributed by atoms with Gasteiger partial charge in [0, 0.05) is 5.92 Å². The van der Waals surface area contributed by atoms with Gasteiger partial charge >= 0.3 is 6.09 Å². The molecule has 1 amide bonds. The maximum Gasteiger partial charge on any atom is 0.407 e. The quantitative estimate of drug-likeness (QED) is 0.701. The SMILES string of the molecule is NC(C(=O)CNC(=O)OCC1c2ccccc2-c2ccccc21)C1CCNCC1. The summed E-state index contributed by atoms with van der Waals surface area (Å²) >= 11 is 0. The average Bonchev–Trinajstić information content (AvgIpc) is 3.10. The molecule has 152 valence electrons. The smallest absolute Gasteiger partial charge is 0.407 e. The Bertz CT molecular complexity index is 847. The number of ether oxygens (including phenoxy) is 1. The molecule has 1 aliphatic heterocycles. The van der Waals surface area contributed by atoms with Crippen molar-refractivity contribution in [3.63, 3.8) is 0 Å². The summed E-state index contributed by atoms with van der Waals surface area (Å²) in [4.78, 5) is 24.5. The number of amides is 1. The van der Waals surface area contributed by atoms with Gasteiger partial charge in [-0.3, -0.25) is 4.79 Å². The minimum absolute atomic E-state index is 0.000785. The number of fused-ring (bicyclic) bond motifs is 3. The molecule has 0 saturated carbocycles. The van der Waals surface area contributed by atoms with Gasteiger partial charge in [0.15, 0.2) is 5.78 Å². The van der Waals surface area contributed by atoms with Gasteiger partial charge in [0.05, 0.1) is 12.6 Å². The Labute approximate surface area is 170 Å². The number of carbonyl (C=O) groups excluding carboxylic acids is 2. The van der Waals surface area contributed by atoms with Crippen molar-refractivity contribution in [1.82, 2.24) is 10.6 Å². The van der Waals surface area contributed by atoms with E-state index in [9.17, 15) is 9.59 Å². The van der Waals surface area contributed by atoms with Gasteiger partial charge in [-0.2, -0.15) is 0 Å². The third-order valence-electron chi connectivity index (χ3n) is 6.01. The summed E-state index contributed by atoms with van der Waals surface area (Å²) < 4.78 is 5.46. The van der Waals surface area contributed by atoms with Gasteiger partial charge in [0.1, 0.15) is 6.61 Å². The highest BCUT2D eigenvalue weighted by Gasteiger charge is 2.29. The molecule has 1 fully saturated rings. The van der Waals surface area contributed by atoms with Crippen LogP contribution in [0.5, 0.6) is 0 Å². The first kappa shape index (κ1) is 19.6. The Kier molecular flexibility index (Phi) is 5.92. The first-order valence-corrected chi connectivity index (χ1v) is 10.2. The predicted octanol–water partition coefficient (Wildman–Crippen LogP) is 2.42. The molecule has 1 atom stereocenters. The van der Waals surface area contributed by atoms with Crippen molar-refractivity contribution in [2.24, 2.45) is 11.7 Å². The van der Waals surface area contributed by atoms with Crippen LogP contribution in [-0.4, -0.2) is 44.2 Å². The van der Waals surface area contributed by atoms with E-state index in [0.717, 1.165) is 37.1 Å². The number of alkyl carbamates (subject to hydrolysis) is 1. The van der Waals surface area contributed by atoms with Crippen molar-refractivity contribution in [2.75, 3.05) is 26.2 Å². The van der Waals surface area contributed by atoms with Gasteiger partial charge < -0.3 is 21.1 Å². The molecule has 4 N–H and O–H groups in total. The molecule has 0 spiro atoms. The fourth-order valence-corrected chi connectivity index (χ4v) is 4.39. The van der Waals surface area contributed by atoms with Crippen LogP contribution in [0.4, 0.5) is 4.79 Å². The zero-order valence-corrected chi connectivity index (χ0v) is 16.4. The molecule has 0 bridgehead atoms. The molecule has 4 rings (SSSR count). The van der Waals surface area contributed by atoms with Gasteiger partial charge in [-0.15, -0.1) is 0 Å². The number of rotatable bonds is 6. The van der Waals surface area contributed by atoms with E-state index in [1.165, 1.54) is 11.1 Å². The van der Waals surface area contributed by atoms with E-state index >= 15 is 0 Å². The van der Waals surface area contributed by atoms with Crippen LogP contribution < -0.4 is 16.4 Å². The topological polar surface area (TPSA) is 93.5 Å². The Morgan fingerprint density at radius 2 is 1.62 bits per heavy atom. The van der Waals surface area contributed by atoms with Crippen molar-refractivity contribution in [1.29, 1.82) is 0 Å². The average molecular weight is 393 g/mol. The Morgan fingerprint density at radius 1 is 1.03 bits per heavy atom. The molecule has 2 aromatic rings. The number of hydrogen-bond donors (Lipinski definition) is 3. The van der Waals surface area contributed by atoms with Gasteiger partial charge in [0.25, 0.3) is 0 Å². The fourth-order valence-electron chi connectivity index (χ4n) is 4.39. The Hall–Kier alpha value is -2.70. The van der Waals surface area contributed by atoms with E-state index in [1.54, 1.807) is 0 Å². The van der Waals surface area contributed by atoms with E-state index in [1.807, 2.05) is 24.3 Å². The second kappa shape index (κ2) is 8.76. The minimum Gasteiger partial charge on any atom is -0.449 e. The van der Waals surface area contributed by atoms with Crippen LogP contribution in [0.15, 0.2) is 48.5 Å². The molecule has 2 aliphatic rings. The molecule has 0 aromatic heterocycles. The van der Waals surface area contributed by atoms with E-state index in [-0.39, 0.29) is 30.8 Å². The summed E-state index contributed by atoms with van der Waals surface area (Å²) in [6.07, 6.45) is 1.19. The second-order valence-corrected chi connectivity index (χ2v) is 7.76. The summed E-state index contributed by atoms with van der Waals surface area (Å²) in [5.74, 6) is 0.0271. The molecule has 6 heteroatoms. The third kappa shape index (κ3) is 4.18.